The highest BCUT2D eigenvalue weighted by Gasteiger charge is 2.11. The molecule has 1 N–H and O–H groups in total. The molecule has 2 aromatic heterocycles. The number of nitrogens with zero attached hydrogens (tertiary/aromatic N) is 3. The van der Waals surface area contributed by atoms with Gasteiger partial charge in [0.25, 0.3) is 0 Å². The fourth-order valence-electron chi connectivity index (χ4n) is 1.25. The smallest absolute Gasteiger partial charge is 0.354 e. The number of carboxylic acid groups (broad SMARTS) is 1. The normalized spacial score (nSPS) is 10.2. The average molecular weight is 247 g/mol. The maximum Gasteiger partial charge on any atom is 0.354 e. The van der Waals surface area contributed by atoms with Crippen LogP contribution in [0.15, 0.2) is 35.5 Å². The van der Waals surface area contributed by atoms with Crippen molar-refractivity contribution >= 4 is 17.7 Å². The molecule has 6 heteroatoms. The van der Waals surface area contributed by atoms with Crippen LogP contribution in [0.25, 0.3) is 11.5 Å². The van der Waals surface area contributed by atoms with Crippen LogP contribution >= 0.6 is 11.8 Å². The molecule has 0 aliphatic carbocycles. The second kappa shape index (κ2) is 4.92. The van der Waals surface area contributed by atoms with Crippen LogP contribution in [0.4, 0.5) is 0 Å². The first kappa shape index (κ1) is 11.5. The van der Waals surface area contributed by atoms with Crippen molar-refractivity contribution in [3.63, 3.8) is 0 Å². The monoisotopic (exact) mass is 247 g/mol. The van der Waals surface area contributed by atoms with Gasteiger partial charge in [0.1, 0.15) is 10.7 Å². The van der Waals surface area contributed by atoms with Crippen LogP contribution in [0.2, 0.25) is 0 Å². The lowest BCUT2D eigenvalue weighted by Crippen LogP contribution is -2.04. The van der Waals surface area contributed by atoms with Crippen LogP contribution in [0.5, 0.6) is 0 Å². The Labute approximate surface area is 102 Å². The molecule has 0 spiro atoms. The molecule has 0 aliphatic heterocycles. The fraction of sp³-hybridized carbons (Fsp3) is 0.0909. The summed E-state index contributed by atoms with van der Waals surface area (Å²) in [7, 11) is 0. The van der Waals surface area contributed by atoms with Crippen molar-refractivity contribution in [2.24, 2.45) is 0 Å². The predicted octanol–water partition coefficient (Wildman–Crippen LogP) is 1.96. The van der Waals surface area contributed by atoms with Gasteiger partial charge >= 0.3 is 5.97 Å². The number of thioether (sulfide) groups is 1. The van der Waals surface area contributed by atoms with E-state index in [2.05, 4.69) is 15.0 Å². The Morgan fingerprint density at radius 3 is 2.76 bits per heavy atom. The minimum absolute atomic E-state index is 0.0231. The summed E-state index contributed by atoms with van der Waals surface area (Å²) < 4.78 is 0. The number of hydrogen-bond acceptors (Lipinski definition) is 5. The van der Waals surface area contributed by atoms with Crippen LogP contribution in [0.1, 0.15) is 10.5 Å². The predicted molar refractivity (Wildman–Crippen MR) is 64.0 cm³/mol. The molecular formula is C11H9N3O2S. The molecule has 2 heterocycles. The standard InChI is InChI=1S/C11H9N3O2S/c1-17-9-6-8(11(15)16)13-10(14-9)7-4-2-3-5-12-7/h2-6H,1H3,(H,15,16). The van der Waals surface area contributed by atoms with Gasteiger partial charge in [-0.2, -0.15) is 0 Å². The summed E-state index contributed by atoms with van der Waals surface area (Å²) in [6.07, 6.45) is 3.45. The summed E-state index contributed by atoms with van der Waals surface area (Å²) in [5.41, 5.74) is 0.538. The van der Waals surface area contributed by atoms with Crippen LogP contribution in [0, 0.1) is 0 Å². The summed E-state index contributed by atoms with van der Waals surface area (Å²) in [4.78, 5) is 23.2. The molecule has 2 aromatic rings. The summed E-state index contributed by atoms with van der Waals surface area (Å²) in [5, 5.41) is 9.57. The Balaban J connectivity index is 2.54. The number of carboxylic acids is 1. The summed E-state index contributed by atoms with van der Waals surface area (Å²) >= 11 is 1.37. The van der Waals surface area contributed by atoms with E-state index < -0.39 is 5.97 Å². The Bertz CT molecular complexity index is 546. The Kier molecular flexibility index (Phi) is 3.34. The second-order valence-electron chi connectivity index (χ2n) is 3.14. The molecule has 0 amide bonds. The lowest BCUT2D eigenvalue weighted by atomic mass is 10.3. The topological polar surface area (TPSA) is 76.0 Å². The van der Waals surface area contributed by atoms with Gasteiger partial charge in [0.15, 0.2) is 11.5 Å². The van der Waals surface area contributed by atoms with Gasteiger partial charge < -0.3 is 5.11 Å². The first-order valence-corrected chi connectivity index (χ1v) is 6.01. The highest BCUT2D eigenvalue weighted by atomic mass is 32.2. The zero-order valence-electron chi connectivity index (χ0n) is 8.99. The quantitative estimate of drug-likeness (QED) is 0.660. The van der Waals surface area contributed by atoms with E-state index in [1.165, 1.54) is 17.8 Å². The highest BCUT2D eigenvalue weighted by Crippen LogP contribution is 2.18. The number of hydrogen-bond donors (Lipinski definition) is 1. The highest BCUT2D eigenvalue weighted by molar-refractivity contribution is 7.98. The summed E-state index contributed by atoms with van der Waals surface area (Å²) in [6.45, 7) is 0. The van der Waals surface area contributed by atoms with E-state index in [0.29, 0.717) is 16.5 Å². The third-order valence-corrected chi connectivity index (χ3v) is 2.65. The third kappa shape index (κ3) is 2.59. The maximum absolute atomic E-state index is 10.9. The van der Waals surface area contributed by atoms with Gasteiger partial charge in [0.2, 0.25) is 0 Å². The zero-order valence-corrected chi connectivity index (χ0v) is 9.81. The molecule has 0 aliphatic rings. The largest absolute Gasteiger partial charge is 0.477 e. The third-order valence-electron chi connectivity index (χ3n) is 2.02. The van der Waals surface area contributed by atoms with E-state index in [1.54, 1.807) is 24.4 Å². The van der Waals surface area contributed by atoms with E-state index in [0.717, 1.165) is 0 Å². The molecular weight excluding hydrogens is 238 g/mol. The van der Waals surface area contributed by atoms with Gasteiger partial charge in [-0.15, -0.1) is 11.8 Å². The molecule has 0 fully saturated rings. The van der Waals surface area contributed by atoms with Crippen LogP contribution in [0.3, 0.4) is 0 Å². The molecule has 0 bridgehead atoms. The van der Waals surface area contributed by atoms with Gasteiger partial charge in [0.05, 0.1) is 0 Å². The lowest BCUT2D eigenvalue weighted by molar-refractivity contribution is 0.0690. The molecule has 0 unspecified atom stereocenters. The van der Waals surface area contributed by atoms with Crippen molar-refractivity contribution in [3.8, 4) is 11.5 Å². The molecule has 2 rings (SSSR count). The van der Waals surface area contributed by atoms with Gasteiger partial charge in [-0.3, -0.25) is 4.98 Å². The number of aromatic carboxylic acids is 1. The number of aromatic nitrogens is 3. The summed E-state index contributed by atoms with van der Waals surface area (Å²) in [6, 6.07) is 6.77. The Morgan fingerprint density at radius 1 is 1.35 bits per heavy atom. The van der Waals surface area contributed by atoms with Crippen molar-refractivity contribution in [1.29, 1.82) is 0 Å². The van der Waals surface area contributed by atoms with Crippen LogP contribution in [-0.4, -0.2) is 32.3 Å². The lowest BCUT2D eigenvalue weighted by Gasteiger charge is -2.03. The van der Waals surface area contributed by atoms with Crippen molar-refractivity contribution in [1.82, 2.24) is 15.0 Å². The van der Waals surface area contributed by atoms with Gasteiger partial charge in [0, 0.05) is 12.3 Å². The molecule has 86 valence electrons. The van der Waals surface area contributed by atoms with E-state index in [4.69, 9.17) is 5.11 Å². The molecule has 5 nitrogen and oxygen atoms in total. The van der Waals surface area contributed by atoms with E-state index in [1.807, 2.05) is 6.26 Å². The number of carbonyl (C=O) groups is 1. The minimum Gasteiger partial charge on any atom is -0.477 e. The van der Waals surface area contributed by atoms with Crippen LogP contribution in [-0.2, 0) is 0 Å². The zero-order chi connectivity index (χ0) is 12.3. The van der Waals surface area contributed by atoms with E-state index >= 15 is 0 Å². The van der Waals surface area contributed by atoms with E-state index in [9.17, 15) is 4.79 Å². The van der Waals surface area contributed by atoms with Crippen LogP contribution < -0.4 is 0 Å². The maximum atomic E-state index is 10.9. The summed E-state index contributed by atoms with van der Waals surface area (Å²) in [5.74, 6) is -0.741. The van der Waals surface area contributed by atoms with Gasteiger partial charge in [-0.1, -0.05) is 6.07 Å². The molecule has 0 aromatic carbocycles. The van der Waals surface area contributed by atoms with Crippen molar-refractivity contribution in [3.05, 3.63) is 36.2 Å². The van der Waals surface area contributed by atoms with E-state index in [-0.39, 0.29) is 5.69 Å². The van der Waals surface area contributed by atoms with Gasteiger partial charge in [-0.05, 0) is 18.4 Å². The minimum atomic E-state index is -1.07. The van der Waals surface area contributed by atoms with Crippen molar-refractivity contribution < 1.29 is 9.90 Å². The van der Waals surface area contributed by atoms with Gasteiger partial charge in [-0.25, -0.2) is 14.8 Å². The number of pyridine rings is 1. The molecule has 17 heavy (non-hydrogen) atoms. The average Bonchev–Trinajstić information content (AvgIpc) is 2.39. The SMILES string of the molecule is CSc1cc(C(=O)O)nc(-c2ccccn2)n1. The Hall–Kier alpha value is -1.95. The molecule has 0 saturated carbocycles. The van der Waals surface area contributed by atoms with Crippen molar-refractivity contribution in [2.45, 2.75) is 5.03 Å². The molecule has 0 atom stereocenters. The fourth-order valence-corrected chi connectivity index (χ4v) is 1.66. The number of rotatable bonds is 3. The first-order valence-electron chi connectivity index (χ1n) is 4.78. The first-order chi connectivity index (χ1) is 8.20. The molecule has 0 radical (unpaired) electrons. The van der Waals surface area contributed by atoms with Crippen molar-refractivity contribution in [2.75, 3.05) is 6.26 Å². The Morgan fingerprint density at radius 2 is 2.18 bits per heavy atom. The molecule has 0 saturated heterocycles. The second-order valence-corrected chi connectivity index (χ2v) is 3.97.